The zero-order valence-corrected chi connectivity index (χ0v) is 21.7. The number of nitrogens with two attached hydrogens (primary N) is 2. The van der Waals surface area contributed by atoms with Crippen LogP contribution < -0.4 is 22.1 Å². The first kappa shape index (κ1) is 41.5. The topological polar surface area (TPSA) is 166 Å². The molecule has 0 fully saturated rings. The van der Waals surface area contributed by atoms with E-state index in [0.29, 0.717) is 31.2 Å². The molecule has 2 atom stereocenters. The average Bonchev–Trinajstić information content (AvgIpc) is 2.83. The van der Waals surface area contributed by atoms with Crippen molar-refractivity contribution in [2.45, 2.75) is 66.0 Å². The van der Waals surface area contributed by atoms with E-state index in [1.807, 2.05) is 33.0 Å². The van der Waals surface area contributed by atoms with Gasteiger partial charge in [-0.3, -0.25) is 19.5 Å². The molecule has 2 unspecified atom stereocenters. The Morgan fingerprint density at radius 1 is 1.06 bits per heavy atom. The lowest BCUT2D eigenvalue weighted by molar-refractivity contribution is -0.165. The highest BCUT2D eigenvalue weighted by molar-refractivity contribution is 5.58. The maximum absolute atomic E-state index is 9.85. The molecule has 6 N–H and O–H groups in total. The van der Waals surface area contributed by atoms with Gasteiger partial charge in [0.2, 0.25) is 6.41 Å². The minimum Gasteiger partial charge on any atom is -0.352 e. The number of pyridine rings is 1. The third kappa shape index (κ3) is 63.0. The molecule has 200 valence electrons. The third-order valence-electron chi connectivity index (χ3n) is 3.22. The summed E-state index contributed by atoms with van der Waals surface area (Å²) in [4.78, 5) is 43.2. The quantitative estimate of drug-likeness (QED) is 0.282. The van der Waals surface area contributed by atoms with E-state index in [1.54, 1.807) is 12.4 Å². The number of rotatable bonds is 10. The molecule has 0 aliphatic rings. The summed E-state index contributed by atoms with van der Waals surface area (Å²) in [5, 5.41) is 5.19. The number of halogens is 1. The van der Waals surface area contributed by atoms with Crippen LogP contribution in [-0.2, 0) is 24.1 Å². The number of amides is 1. The molecule has 0 aromatic carbocycles. The van der Waals surface area contributed by atoms with E-state index in [1.165, 1.54) is 12.6 Å². The number of aromatic nitrogens is 1. The van der Waals surface area contributed by atoms with Gasteiger partial charge in [0.05, 0.1) is 6.54 Å². The highest BCUT2D eigenvalue weighted by Crippen LogP contribution is 2.00. The van der Waals surface area contributed by atoms with Gasteiger partial charge in [0, 0.05) is 35.4 Å². The highest BCUT2D eigenvalue weighted by atomic mass is 19.3. The SMILES string of the molecule is CC(C)CC(C)N.CN.CNC(C)CCC=O.Cc1ccncc1.O=CCNC=O.O=COF. The number of nitrogens with one attached hydrogen (secondary N) is 2. The second-order valence-electron chi connectivity index (χ2n) is 6.94. The molecular formula is C23H46FN5O5. The summed E-state index contributed by atoms with van der Waals surface area (Å²) in [5.74, 6) is 0.750. The Labute approximate surface area is 204 Å². The molecule has 1 amide bonds. The van der Waals surface area contributed by atoms with Crippen LogP contribution in [0.1, 0.15) is 52.5 Å². The van der Waals surface area contributed by atoms with Gasteiger partial charge < -0.3 is 31.7 Å². The van der Waals surface area contributed by atoms with Crippen molar-refractivity contribution < 1.29 is 28.6 Å². The van der Waals surface area contributed by atoms with Crippen molar-refractivity contribution in [1.29, 1.82) is 0 Å². The van der Waals surface area contributed by atoms with Crippen LogP contribution in [0.5, 0.6) is 0 Å². The molecule has 1 aromatic rings. The first-order chi connectivity index (χ1) is 16.2. The van der Waals surface area contributed by atoms with E-state index in [9.17, 15) is 18.9 Å². The summed E-state index contributed by atoms with van der Waals surface area (Å²) >= 11 is 0. The number of carbonyl (C=O) groups excluding carboxylic acids is 4. The molecule has 0 spiro atoms. The van der Waals surface area contributed by atoms with Gasteiger partial charge in [-0.15, -0.1) is 0 Å². The minimum atomic E-state index is -0.292. The fourth-order valence-electron chi connectivity index (χ4n) is 1.73. The molecule has 0 radical (unpaired) electrons. The second kappa shape index (κ2) is 40.6. The molecule has 1 heterocycles. The molecule has 0 bridgehead atoms. The van der Waals surface area contributed by atoms with Crippen LogP contribution in [0.4, 0.5) is 4.53 Å². The fourth-order valence-corrected chi connectivity index (χ4v) is 1.73. The molecule has 1 rings (SSSR count). The van der Waals surface area contributed by atoms with Gasteiger partial charge in [-0.2, -0.15) is 0 Å². The lowest BCUT2D eigenvalue weighted by atomic mass is 10.1. The number of aryl methyl sites for hydroxylation is 1. The maximum atomic E-state index is 9.85. The summed E-state index contributed by atoms with van der Waals surface area (Å²) < 4.78 is 9.85. The van der Waals surface area contributed by atoms with E-state index in [4.69, 9.17) is 10.5 Å². The van der Waals surface area contributed by atoms with Crippen molar-refractivity contribution in [3.05, 3.63) is 30.1 Å². The standard InChI is InChI=1S/C6H13NO.C6H7N.C6H15N.C3H5NO2.CHFO2.CH5N/c1-6(7-2)4-3-5-8;1-6-2-4-7-5-3-6;1-5(2)4-6(3)7;5-2-1-4-3-6;2-4-1-3;1-2/h5-7H,3-4H2,1-2H3;2-5H,1H3;5-6H,4,7H2,1-3H3;2-3H,1H2,(H,4,6);1H;2H2,1H3. The summed E-state index contributed by atoms with van der Waals surface area (Å²) in [6.45, 7) is 10.3. The Bertz CT molecular complexity index is 510. The van der Waals surface area contributed by atoms with Crippen LogP contribution in [-0.4, -0.2) is 63.2 Å². The monoisotopic (exact) mass is 491 g/mol. The molecule has 0 aliphatic heterocycles. The van der Waals surface area contributed by atoms with Gasteiger partial charge in [-0.1, -0.05) is 13.8 Å². The van der Waals surface area contributed by atoms with Gasteiger partial charge in [-0.05, 0) is 71.3 Å². The van der Waals surface area contributed by atoms with E-state index in [2.05, 4.69) is 47.1 Å². The maximum Gasteiger partial charge on any atom is 0.337 e. The number of hydrogen-bond donors (Lipinski definition) is 4. The highest BCUT2D eigenvalue weighted by Gasteiger charge is 1.96. The smallest absolute Gasteiger partial charge is 0.337 e. The Morgan fingerprint density at radius 2 is 1.56 bits per heavy atom. The van der Waals surface area contributed by atoms with Crippen molar-refractivity contribution in [3.8, 4) is 0 Å². The molecule has 0 saturated heterocycles. The summed E-state index contributed by atoms with van der Waals surface area (Å²) in [6, 6.07) is 4.79. The number of carbonyl (C=O) groups is 4. The van der Waals surface area contributed by atoms with Gasteiger partial charge in [0.15, 0.2) is 0 Å². The summed E-state index contributed by atoms with van der Waals surface area (Å²) in [6.07, 6.45) is 8.38. The van der Waals surface area contributed by atoms with Crippen LogP contribution in [0, 0.1) is 12.8 Å². The predicted molar refractivity (Wildman–Crippen MR) is 134 cm³/mol. The van der Waals surface area contributed by atoms with Gasteiger partial charge in [0.1, 0.15) is 12.6 Å². The zero-order valence-electron chi connectivity index (χ0n) is 21.7. The molecule has 0 saturated carbocycles. The normalized spacial score (nSPS) is 9.97. The lowest BCUT2D eigenvalue weighted by Gasteiger charge is -2.05. The molecule has 1 aromatic heterocycles. The first-order valence-corrected chi connectivity index (χ1v) is 10.8. The van der Waals surface area contributed by atoms with Gasteiger partial charge in [-0.25, -0.2) is 0 Å². The van der Waals surface area contributed by atoms with Gasteiger partial charge >= 0.3 is 6.47 Å². The van der Waals surface area contributed by atoms with Crippen LogP contribution in [0.25, 0.3) is 0 Å². The second-order valence-corrected chi connectivity index (χ2v) is 6.94. The number of nitrogens with zero attached hydrogens (tertiary/aromatic N) is 1. The number of aldehydes is 2. The van der Waals surface area contributed by atoms with Crippen molar-refractivity contribution in [2.24, 2.45) is 17.4 Å². The largest absolute Gasteiger partial charge is 0.352 e. The molecule has 34 heavy (non-hydrogen) atoms. The van der Waals surface area contributed by atoms with E-state index in [-0.39, 0.29) is 13.0 Å². The van der Waals surface area contributed by atoms with Crippen molar-refractivity contribution in [2.75, 3.05) is 20.6 Å². The van der Waals surface area contributed by atoms with E-state index < -0.39 is 0 Å². The Balaban J connectivity index is -0.000000103. The van der Waals surface area contributed by atoms with Crippen molar-refractivity contribution >= 4 is 25.5 Å². The van der Waals surface area contributed by atoms with Crippen LogP contribution >= 0.6 is 0 Å². The van der Waals surface area contributed by atoms with Crippen molar-refractivity contribution in [1.82, 2.24) is 15.6 Å². The van der Waals surface area contributed by atoms with Gasteiger partial charge in [0.25, 0.3) is 0 Å². The first-order valence-electron chi connectivity index (χ1n) is 10.8. The van der Waals surface area contributed by atoms with E-state index >= 15 is 0 Å². The lowest BCUT2D eigenvalue weighted by Crippen LogP contribution is -2.20. The molecule has 10 nitrogen and oxygen atoms in total. The Kier molecular flexibility index (Phi) is 49.5. The van der Waals surface area contributed by atoms with E-state index in [0.717, 1.165) is 25.0 Å². The molecular weight excluding hydrogens is 445 g/mol. The van der Waals surface area contributed by atoms with Crippen LogP contribution in [0.3, 0.4) is 0 Å². The minimum absolute atomic E-state index is 0.115. The summed E-state index contributed by atoms with van der Waals surface area (Å²) in [7, 11) is 3.40. The fraction of sp³-hybridized carbons (Fsp3) is 0.609. The average molecular weight is 492 g/mol. The predicted octanol–water partition coefficient (Wildman–Crippen LogP) is 1.89. The molecule has 0 aliphatic carbocycles. The van der Waals surface area contributed by atoms with Crippen LogP contribution in [0.15, 0.2) is 24.5 Å². The zero-order chi connectivity index (χ0) is 27.6. The Hall–Kier alpha value is -2.76. The Morgan fingerprint density at radius 3 is 1.74 bits per heavy atom. The third-order valence-corrected chi connectivity index (χ3v) is 3.22. The molecule has 11 heteroatoms. The summed E-state index contributed by atoms with van der Waals surface area (Å²) in [5.41, 5.74) is 11.3. The number of hydrogen-bond acceptors (Lipinski definition) is 9. The van der Waals surface area contributed by atoms with Crippen LogP contribution in [0.2, 0.25) is 0 Å². The van der Waals surface area contributed by atoms with Crippen molar-refractivity contribution in [3.63, 3.8) is 0 Å².